The van der Waals surface area contributed by atoms with Crippen LogP contribution < -0.4 is 0 Å². The van der Waals surface area contributed by atoms with E-state index >= 15 is 0 Å². The lowest BCUT2D eigenvalue weighted by Gasteiger charge is -2.16. The van der Waals surface area contributed by atoms with Crippen molar-refractivity contribution in [3.63, 3.8) is 0 Å². The molecule has 0 saturated heterocycles. The minimum absolute atomic E-state index is 0.512. The highest BCUT2D eigenvalue weighted by Gasteiger charge is 2.31. The molecule has 96 valence electrons. The fraction of sp³-hybridized carbons (Fsp3) is 0.462. The molecule has 0 saturated carbocycles. The fourth-order valence-electron chi connectivity index (χ4n) is 1.62. The molecule has 0 amide bonds. The Hall–Kier alpha value is -1.91. The van der Waals surface area contributed by atoms with Gasteiger partial charge in [0.25, 0.3) is 5.69 Å². The van der Waals surface area contributed by atoms with Gasteiger partial charge in [-0.2, -0.15) is 4.79 Å². The Morgan fingerprint density at radius 1 is 1.39 bits per heavy atom. The van der Waals surface area contributed by atoms with Crippen molar-refractivity contribution >= 4 is 11.8 Å². The number of fused-ring (bicyclic) bond motifs is 1. The second kappa shape index (κ2) is 4.40. The first-order valence-corrected chi connectivity index (χ1v) is 5.83. The summed E-state index contributed by atoms with van der Waals surface area (Å²) in [6.07, 6.45) is -0.749. The van der Waals surface area contributed by atoms with Gasteiger partial charge in [-0.25, -0.2) is 0 Å². The quantitative estimate of drug-likeness (QED) is 0.565. The molecule has 0 fully saturated rings. The predicted molar refractivity (Wildman–Crippen MR) is 64.6 cm³/mol. The molecule has 0 atom stereocenters. The Morgan fingerprint density at radius 2 is 2.11 bits per heavy atom. The molecule has 2 rings (SSSR count). The normalized spacial score (nSPS) is 13.9. The van der Waals surface area contributed by atoms with Gasteiger partial charge in [-0.3, -0.25) is 0 Å². The van der Waals surface area contributed by atoms with Crippen LogP contribution in [0, 0.1) is 6.92 Å². The number of hydrogen-bond acceptors (Lipinski definition) is 4. The number of hydrogen-bond donors (Lipinski definition) is 0. The Balaban J connectivity index is 2.10. The second-order valence-electron chi connectivity index (χ2n) is 5.26. The van der Waals surface area contributed by atoms with E-state index in [-0.39, 0.29) is 0 Å². The van der Waals surface area contributed by atoms with E-state index in [2.05, 4.69) is 5.11 Å². The van der Waals surface area contributed by atoms with Gasteiger partial charge in [0.2, 0.25) is 0 Å². The summed E-state index contributed by atoms with van der Waals surface area (Å²) in [5.41, 5.74) is 2.33. The third kappa shape index (κ3) is 2.85. The van der Waals surface area contributed by atoms with Crippen LogP contribution >= 0.6 is 0 Å². The number of azo groups is 1. The van der Waals surface area contributed by atoms with E-state index in [0.717, 1.165) is 16.8 Å². The summed E-state index contributed by atoms with van der Waals surface area (Å²) in [5.74, 6) is 0. The van der Waals surface area contributed by atoms with Crippen LogP contribution in [-0.4, -0.2) is 16.6 Å². The topological polar surface area (TPSA) is 50.9 Å². The molecule has 0 N–H and O–H groups in total. The van der Waals surface area contributed by atoms with E-state index < -0.39 is 11.8 Å². The molecule has 1 aliphatic heterocycles. The molecule has 1 aliphatic rings. The van der Waals surface area contributed by atoms with E-state index in [1.807, 2.05) is 25.1 Å². The highest BCUT2D eigenvalue weighted by atomic mass is 16.8. The highest BCUT2D eigenvalue weighted by molar-refractivity contribution is 5.59. The Bertz CT molecular complexity index is 515. The van der Waals surface area contributed by atoms with Crippen molar-refractivity contribution in [2.45, 2.75) is 39.8 Å². The molecule has 18 heavy (non-hydrogen) atoms. The van der Waals surface area contributed by atoms with Crippen LogP contribution in [0.15, 0.2) is 23.3 Å². The maximum absolute atomic E-state index is 11.6. The summed E-state index contributed by atoms with van der Waals surface area (Å²) in [6, 6.07) is 5.91. The molecule has 5 heteroatoms. The average Bonchev–Trinajstić information content (AvgIpc) is 2.58. The van der Waals surface area contributed by atoms with Crippen molar-refractivity contribution in [3.05, 3.63) is 29.3 Å². The summed E-state index contributed by atoms with van der Waals surface area (Å²) in [5, 5.41) is 4.13. The summed E-state index contributed by atoms with van der Waals surface area (Å²) >= 11 is 0. The predicted octanol–water partition coefficient (Wildman–Crippen LogP) is 3.47. The van der Waals surface area contributed by atoms with Gasteiger partial charge in [-0.15, -0.1) is 4.84 Å². The zero-order valence-electron chi connectivity index (χ0n) is 11.1. The molecular formula is C13H17N2O3+. The van der Waals surface area contributed by atoms with E-state index in [1.54, 1.807) is 20.8 Å². The average molecular weight is 249 g/mol. The summed E-state index contributed by atoms with van der Waals surface area (Å²) in [7, 11) is 0. The van der Waals surface area contributed by atoms with E-state index in [9.17, 15) is 4.79 Å². The van der Waals surface area contributed by atoms with E-state index in [4.69, 9.17) is 9.57 Å². The van der Waals surface area contributed by atoms with Crippen molar-refractivity contribution in [1.82, 2.24) is 0 Å². The zero-order valence-corrected chi connectivity index (χ0v) is 11.1. The van der Waals surface area contributed by atoms with Crippen LogP contribution in [0.5, 0.6) is 0 Å². The Kier molecular flexibility index (Phi) is 3.07. The van der Waals surface area contributed by atoms with Crippen molar-refractivity contribution < 1.29 is 19.2 Å². The van der Waals surface area contributed by atoms with E-state index in [1.165, 1.54) is 4.86 Å². The third-order valence-corrected chi connectivity index (χ3v) is 2.37. The van der Waals surface area contributed by atoms with Crippen LogP contribution in [0.2, 0.25) is 0 Å². The molecule has 0 aromatic heterocycles. The molecule has 0 aliphatic carbocycles. The first-order chi connectivity index (χ1) is 8.35. The Labute approximate surface area is 106 Å². The van der Waals surface area contributed by atoms with Gasteiger partial charge in [0.1, 0.15) is 17.0 Å². The van der Waals surface area contributed by atoms with E-state index in [0.29, 0.717) is 6.54 Å². The fourth-order valence-corrected chi connectivity index (χ4v) is 1.62. The number of ether oxygens (including phenoxy) is 1. The smallest absolute Gasteiger partial charge is 0.424 e. The largest absolute Gasteiger partial charge is 0.576 e. The molecule has 0 radical (unpaired) electrons. The van der Waals surface area contributed by atoms with Crippen LogP contribution in [0.4, 0.5) is 10.5 Å². The number of carbonyl (C=O) groups is 1. The van der Waals surface area contributed by atoms with Gasteiger partial charge in [0, 0.05) is 11.2 Å². The molecule has 0 unspecified atom stereocenters. The van der Waals surface area contributed by atoms with Gasteiger partial charge < -0.3 is 4.74 Å². The van der Waals surface area contributed by atoms with Crippen molar-refractivity contribution in [2.75, 3.05) is 0 Å². The number of nitrogens with zero attached hydrogens (tertiary/aromatic N) is 2. The standard InChI is InChI=1S/C13H17N2O3/c1-9-5-6-10-8-14-15(11(10)7-9)18-12(16)17-13(2,3)4/h5-7H,8H2,1-4H3/q+1. The lowest BCUT2D eigenvalue weighted by atomic mass is 10.1. The highest BCUT2D eigenvalue weighted by Crippen LogP contribution is 2.28. The van der Waals surface area contributed by atoms with Crippen LogP contribution in [-0.2, 0) is 16.1 Å². The molecule has 0 spiro atoms. The summed E-state index contributed by atoms with van der Waals surface area (Å²) in [4.78, 5) is 17.9. The first-order valence-electron chi connectivity index (χ1n) is 5.83. The maximum Gasteiger partial charge on any atom is 0.576 e. The number of rotatable bonds is 1. The minimum atomic E-state index is -0.749. The molecule has 1 aromatic rings. The lowest BCUT2D eigenvalue weighted by molar-refractivity contribution is -0.749. The monoisotopic (exact) mass is 249 g/mol. The molecular weight excluding hydrogens is 232 g/mol. The Morgan fingerprint density at radius 3 is 2.78 bits per heavy atom. The first kappa shape index (κ1) is 12.5. The molecule has 1 heterocycles. The van der Waals surface area contributed by atoms with Crippen LogP contribution in [0.25, 0.3) is 0 Å². The van der Waals surface area contributed by atoms with Crippen molar-refractivity contribution in [1.29, 1.82) is 0 Å². The third-order valence-electron chi connectivity index (χ3n) is 2.37. The molecule has 1 aromatic carbocycles. The lowest BCUT2D eigenvalue weighted by Crippen LogP contribution is -2.25. The second-order valence-corrected chi connectivity index (χ2v) is 5.26. The van der Waals surface area contributed by atoms with Crippen molar-refractivity contribution in [3.8, 4) is 0 Å². The maximum atomic E-state index is 11.6. The number of benzene rings is 1. The summed E-state index contributed by atoms with van der Waals surface area (Å²) < 4.78 is 5.08. The van der Waals surface area contributed by atoms with Crippen molar-refractivity contribution in [2.24, 2.45) is 5.11 Å². The zero-order chi connectivity index (χ0) is 13.3. The van der Waals surface area contributed by atoms with Crippen LogP contribution in [0.3, 0.4) is 0 Å². The number of aryl methyl sites for hydroxylation is 1. The molecule has 5 nitrogen and oxygen atoms in total. The van der Waals surface area contributed by atoms with Gasteiger partial charge in [-0.1, -0.05) is 6.07 Å². The number of carbonyl (C=O) groups excluding carboxylic acids is 1. The van der Waals surface area contributed by atoms with Gasteiger partial charge in [0.05, 0.1) is 5.56 Å². The van der Waals surface area contributed by atoms with Crippen LogP contribution in [0.1, 0.15) is 31.9 Å². The minimum Gasteiger partial charge on any atom is -0.424 e. The van der Waals surface area contributed by atoms with Gasteiger partial charge in [0.15, 0.2) is 0 Å². The van der Waals surface area contributed by atoms with Gasteiger partial charge in [-0.05, 0) is 39.3 Å². The SMILES string of the molecule is Cc1ccc2c(c1)[N+](OC(=O)OC(C)(C)C)=NC2. The molecule has 0 bridgehead atoms. The van der Waals surface area contributed by atoms with Gasteiger partial charge >= 0.3 is 6.16 Å². The summed E-state index contributed by atoms with van der Waals surface area (Å²) in [6.45, 7) is 7.84.